The van der Waals surface area contributed by atoms with E-state index in [0.717, 1.165) is 99.2 Å². The third kappa shape index (κ3) is 5.01. The van der Waals surface area contributed by atoms with E-state index in [1.165, 1.54) is 0 Å². The molecule has 4 aromatic heterocycles. The first-order chi connectivity index (χ1) is 28.2. The Balaban J connectivity index is 1.03. The monoisotopic (exact) mass is 730 g/mol. The van der Waals surface area contributed by atoms with Crippen molar-refractivity contribution in [2.45, 2.75) is 0 Å². The molecule has 0 aliphatic rings. The predicted molar refractivity (Wildman–Crippen MR) is 230 cm³/mol. The third-order valence-electron chi connectivity index (χ3n) is 11.1. The quantitative estimate of drug-likeness (QED) is 0.176. The van der Waals surface area contributed by atoms with Gasteiger partial charge in [-0.3, -0.25) is 0 Å². The number of hydrogen-bond donors (Lipinski definition) is 0. The van der Waals surface area contributed by atoms with Gasteiger partial charge in [-0.1, -0.05) is 121 Å². The van der Waals surface area contributed by atoms with E-state index in [1.54, 1.807) is 0 Å². The Morgan fingerprint density at radius 1 is 0.316 bits per heavy atom. The molecule has 6 heteroatoms. The van der Waals surface area contributed by atoms with Crippen molar-refractivity contribution in [1.29, 1.82) is 0 Å². The highest BCUT2D eigenvalue weighted by atomic mass is 16.3. The Labute approximate surface area is 325 Å². The highest BCUT2D eigenvalue weighted by Gasteiger charge is 2.20. The van der Waals surface area contributed by atoms with E-state index in [1.807, 2.05) is 60.7 Å². The van der Waals surface area contributed by atoms with Gasteiger partial charge in [0.2, 0.25) is 0 Å². The van der Waals surface area contributed by atoms with Gasteiger partial charge in [-0.15, -0.1) is 0 Å². The molecule has 0 atom stereocenters. The van der Waals surface area contributed by atoms with E-state index in [2.05, 4.69) is 126 Å². The number of benzene rings is 8. The molecule has 6 nitrogen and oxygen atoms in total. The Hall–Kier alpha value is -7.83. The van der Waals surface area contributed by atoms with Crippen LogP contribution in [-0.4, -0.2) is 19.5 Å². The van der Waals surface area contributed by atoms with E-state index in [-0.39, 0.29) is 0 Å². The first kappa shape index (κ1) is 31.5. The number of furan rings is 2. The van der Waals surface area contributed by atoms with Crippen LogP contribution in [0.5, 0.6) is 0 Å². The Bertz CT molecular complexity index is 3530. The zero-order valence-electron chi connectivity index (χ0n) is 30.4. The lowest BCUT2D eigenvalue weighted by molar-refractivity contribution is 0.666. The lowest BCUT2D eigenvalue weighted by Crippen LogP contribution is -2.00. The van der Waals surface area contributed by atoms with Crippen LogP contribution in [0.25, 0.3) is 117 Å². The molecule has 4 heterocycles. The minimum Gasteiger partial charge on any atom is -0.456 e. The van der Waals surface area contributed by atoms with Crippen LogP contribution in [0.15, 0.2) is 191 Å². The first-order valence-corrected chi connectivity index (χ1v) is 19.0. The maximum atomic E-state index is 6.76. The van der Waals surface area contributed by atoms with Crippen LogP contribution in [0.4, 0.5) is 0 Å². The van der Waals surface area contributed by atoms with E-state index >= 15 is 0 Å². The Kier molecular flexibility index (Phi) is 6.83. The molecule has 12 rings (SSSR count). The van der Waals surface area contributed by atoms with Crippen molar-refractivity contribution in [1.82, 2.24) is 19.5 Å². The number of hydrogen-bond acceptors (Lipinski definition) is 5. The molecule has 57 heavy (non-hydrogen) atoms. The van der Waals surface area contributed by atoms with Crippen LogP contribution in [0.3, 0.4) is 0 Å². The molecule has 0 saturated carbocycles. The number of fused-ring (bicyclic) bond motifs is 9. The fourth-order valence-electron chi connectivity index (χ4n) is 8.36. The van der Waals surface area contributed by atoms with Gasteiger partial charge in [-0.2, -0.15) is 0 Å². The molecular weight excluding hydrogens is 701 g/mol. The highest BCUT2D eigenvalue weighted by Crippen LogP contribution is 2.40. The number of para-hydroxylation sites is 3. The van der Waals surface area contributed by atoms with Crippen LogP contribution < -0.4 is 0 Å². The van der Waals surface area contributed by atoms with Crippen molar-refractivity contribution in [2.75, 3.05) is 0 Å². The molecule has 266 valence electrons. The molecule has 0 fully saturated rings. The molecule has 0 aliphatic carbocycles. The second-order valence-electron chi connectivity index (χ2n) is 14.4. The van der Waals surface area contributed by atoms with Gasteiger partial charge < -0.3 is 13.4 Å². The van der Waals surface area contributed by atoms with Crippen LogP contribution >= 0.6 is 0 Å². The summed E-state index contributed by atoms with van der Waals surface area (Å²) in [5, 5.41) is 6.53. The van der Waals surface area contributed by atoms with E-state index in [4.69, 9.17) is 23.8 Å². The maximum absolute atomic E-state index is 6.76. The SMILES string of the molecule is c1ccc(-c2ccc3c(c2)oc2c(-n4c5ccccc5c5cc(-c6nc(-c7ccccc7)nc(-c7ccc8c(c7)oc7ccccc78)n6)ccc54)cccc23)cc1. The fourth-order valence-corrected chi connectivity index (χ4v) is 8.36. The summed E-state index contributed by atoms with van der Waals surface area (Å²) >= 11 is 0. The molecule has 0 N–H and O–H groups in total. The summed E-state index contributed by atoms with van der Waals surface area (Å²) in [4.78, 5) is 15.2. The van der Waals surface area contributed by atoms with Gasteiger partial charge in [0.25, 0.3) is 0 Å². The zero-order chi connectivity index (χ0) is 37.5. The second kappa shape index (κ2) is 12.3. The molecule has 0 bridgehead atoms. The van der Waals surface area contributed by atoms with Crippen molar-refractivity contribution < 1.29 is 8.83 Å². The van der Waals surface area contributed by atoms with Crippen molar-refractivity contribution in [2.24, 2.45) is 0 Å². The Morgan fingerprint density at radius 2 is 0.860 bits per heavy atom. The molecule has 0 aliphatic heterocycles. The number of nitrogens with zero attached hydrogens (tertiary/aromatic N) is 4. The standard InChI is InChI=1S/C51H30N4O2/c1-3-12-31(13-4-1)33-22-25-39-40-18-11-20-44(48(40)57-47(39)29-33)55-42-19-9-7-16-36(42)41-28-34(24-27-43(41)55)50-52-49(32-14-5-2-6-15-32)53-51(54-50)35-23-26-38-37-17-8-10-21-45(37)56-46(38)30-35/h1-30H. The Morgan fingerprint density at radius 3 is 1.67 bits per heavy atom. The summed E-state index contributed by atoms with van der Waals surface area (Å²) < 4.78 is 15.3. The van der Waals surface area contributed by atoms with Crippen molar-refractivity contribution in [3.05, 3.63) is 182 Å². The molecule has 0 amide bonds. The molecule has 8 aromatic carbocycles. The normalized spacial score (nSPS) is 11.9. The van der Waals surface area contributed by atoms with Gasteiger partial charge >= 0.3 is 0 Å². The molecule has 12 aromatic rings. The smallest absolute Gasteiger partial charge is 0.164 e. The largest absolute Gasteiger partial charge is 0.456 e. The number of aromatic nitrogens is 4. The van der Waals surface area contributed by atoms with Crippen LogP contribution in [0.2, 0.25) is 0 Å². The van der Waals surface area contributed by atoms with Gasteiger partial charge in [0.05, 0.1) is 16.7 Å². The van der Waals surface area contributed by atoms with E-state index in [0.29, 0.717) is 17.5 Å². The summed E-state index contributed by atoms with van der Waals surface area (Å²) in [5.41, 5.74) is 11.4. The summed E-state index contributed by atoms with van der Waals surface area (Å²) in [5.74, 6) is 1.78. The van der Waals surface area contributed by atoms with Crippen molar-refractivity contribution in [3.63, 3.8) is 0 Å². The van der Waals surface area contributed by atoms with Crippen LogP contribution in [0.1, 0.15) is 0 Å². The van der Waals surface area contributed by atoms with Gasteiger partial charge in [0, 0.05) is 49.0 Å². The lowest BCUT2D eigenvalue weighted by atomic mass is 10.0. The molecule has 0 spiro atoms. The van der Waals surface area contributed by atoms with E-state index < -0.39 is 0 Å². The van der Waals surface area contributed by atoms with Gasteiger partial charge in [-0.25, -0.2) is 15.0 Å². The van der Waals surface area contributed by atoms with Crippen LogP contribution in [-0.2, 0) is 0 Å². The third-order valence-corrected chi connectivity index (χ3v) is 11.1. The summed E-state index contributed by atoms with van der Waals surface area (Å²) in [6, 6.07) is 62.7. The van der Waals surface area contributed by atoms with Gasteiger partial charge in [0.1, 0.15) is 16.7 Å². The molecule has 0 unspecified atom stereocenters. The average molecular weight is 731 g/mol. The van der Waals surface area contributed by atoms with Crippen molar-refractivity contribution >= 4 is 65.7 Å². The molecule has 0 saturated heterocycles. The molecular formula is C51H30N4O2. The topological polar surface area (TPSA) is 69.9 Å². The first-order valence-electron chi connectivity index (χ1n) is 19.0. The number of rotatable bonds is 5. The molecule has 0 radical (unpaired) electrons. The maximum Gasteiger partial charge on any atom is 0.164 e. The summed E-state index contributed by atoms with van der Waals surface area (Å²) in [7, 11) is 0. The van der Waals surface area contributed by atoms with Crippen molar-refractivity contribution in [3.8, 4) is 51.0 Å². The minimum absolute atomic E-state index is 0.579. The minimum atomic E-state index is 0.579. The summed E-state index contributed by atoms with van der Waals surface area (Å²) in [6.07, 6.45) is 0. The summed E-state index contributed by atoms with van der Waals surface area (Å²) in [6.45, 7) is 0. The van der Waals surface area contributed by atoms with Crippen LogP contribution in [0, 0.1) is 0 Å². The second-order valence-corrected chi connectivity index (χ2v) is 14.4. The predicted octanol–water partition coefficient (Wildman–Crippen LogP) is 13.4. The lowest BCUT2D eigenvalue weighted by Gasteiger charge is -2.10. The zero-order valence-corrected chi connectivity index (χ0v) is 30.4. The average Bonchev–Trinajstić information content (AvgIpc) is 3.95. The van der Waals surface area contributed by atoms with E-state index in [9.17, 15) is 0 Å². The van der Waals surface area contributed by atoms with Gasteiger partial charge in [-0.05, 0) is 71.8 Å². The van der Waals surface area contributed by atoms with Gasteiger partial charge in [0.15, 0.2) is 23.1 Å². The highest BCUT2D eigenvalue weighted by molar-refractivity contribution is 6.13. The fraction of sp³-hybridized carbons (Fsp3) is 0.